The van der Waals surface area contributed by atoms with Crippen molar-refractivity contribution in [1.29, 1.82) is 0 Å². The van der Waals surface area contributed by atoms with Gasteiger partial charge in [0.05, 0.1) is 0 Å². The van der Waals surface area contributed by atoms with Gasteiger partial charge in [-0.2, -0.15) is 0 Å². The molecule has 2 aromatic rings. The Hall–Kier alpha value is -1.57. The molecule has 0 radical (unpaired) electrons. The maximum absolute atomic E-state index is 8.11. The number of azide groups is 1. The SMILES string of the molecule is [N-]=[N+]=NCCCSc1nc(Cl)c2nn[nH]c2n1. The van der Waals surface area contributed by atoms with Crippen molar-refractivity contribution in [3.05, 3.63) is 15.6 Å². The maximum atomic E-state index is 8.11. The number of fused-ring (bicyclic) bond motifs is 1. The molecule has 0 bridgehead atoms. The third-order valence-electron chi connectivity index (χ3n) is 1.82. The Morgan fingerprint density at radius 2 is 2.35 bits per heavy atom. The van der Waals surface area contributed by atoms with Crippen LogP contribution in [0.25, 0.3) is 21.6 Å². The molecule has 0 atom stereocenters. The van der Waals surface area contributed by atoms with E-state index in [9.17, 15) is 0 Å². The van der Waals surface area contributed by atoms with E-state index in [0.29, 0.717) is 22.9 Å². The van der Waals surface area contributed by atoms with E-state index in [1.165, 1.54) is 11.8 Å². The van der Waals surface area contributed by atoms with E-state index >= 15 is 0 Å². The second kappa shape index (κ2) is 5.67. The average molecular weight is 271 g/mol. The summed E-state index contributed by atoms with van der Waals surface area (Å²) in [5.74, 6) is 0.752. The van der Waals surface area contributed by atoms with Crippen LogP contribution >= 0.6 is 23.4 Å². The summed E-state index contributed by atoms with van der Waals surface area (Å²) in [6, 6.07) is 0. The van der Waals surface area contributed by atoms with Crippen molar-refractivity contribution in [2.75, 3.05) is 12.3 Å². The van der Waals surface area contributed by atoms with Crippen LogP contribution in [0.2, 0.25) is 5.15 Å². The molecule has 0 aromatic carbocycles. The third-order valence-corrected chi connectivity index (χ3v) is 3.02. The van der Waals surface area contributed by atoms with Gasteiger partial charge in [-0.1, -0.05) is 33.7 Å². The molecule has 2 heterocycles. The molecule has 0 amide bonds. The van der Waals surface area contributed by atoms with Crippen molar-refractivity contribution in [2.24, 2.45) is 5.11 Å². The first-order chi connectivity index (χ1) is 8.31. The predicted octanol–water partition coefficient (Wildman–Crippen LogP) is 2.19. The maximum Gasteiger partial charge on any atom is 0.191 e. The summed E-state index contributed by atoms with van der Waals surface area (Å²) < 4.78 is 0. The fraction of sp³-hybridized carbons (Fsp3) is 0.429. The smallest absolute Gasteiger partial charge is 0.191 e. The molecule has 0 aliphatic heterocycles. The average Bonchev–Trinajstić information content (AvgIpc) is 2.77. The van der Waals surface area contributed by atoms with Gasteiger partial charge in [0.25, 0.3) is 0 Å². The Kier molecular flexibility index (Phi) is 3.97. The number of thioether (sulfide) groups is 1. The summed E-state index contributed by atoms with van der Waals surface area (Å²) in [6.07, 6.45) is 0.759. The minimum absolute atomic E-state index is 0.279. The Bertz CT molecular complexity index is 562. The first-order valence-corrected chi connectivity index (χ1v) is 6.05. The van der Waals surface area contributed by atoms with Crippen molar-refractivity contribution in [3.8, 4) is 0 Å². The molecular formula is C7H7ClN8S. The van der Waals surface area contributed by atoms with Gasteiger partial charge in [-0.15, -0.1) is 5.10 Å². The van der Waals surface area contributed by atoms with Crippen molar-refractivity contribution in [2.45, 2.75) is 11.6 Å². The number of aromatic amines is 1. The first kappa shape index (κ1) is 11.9. The van der Waals surface area contributed by atoms with E-state index < -0.39 is 0 Å². The normalized spacial score (nSPS) is 10.4. The summed E-state index contributed by atoms with van der Waals surface area (Å²) in [4.78, 5) is 11.0. The molecule has 0 saturated carbocycles. The number of rotatable bonds is 5. The Morgan fingerprint density at radius 1 is 1.47 bits per heavy atom. The minimum Gasteiger partial charge on any atom is -0.240 e. The number of hydrogen-bond acceptors (Lipinski definition) is 6. The van der Waals surface area contributed by atoms with Gasteiger partial charge in [0.2, 0.25) is 0 Å². The zero-order chi connectivity index (χ0) is 12.1. The number of hydrogen-bond donors (Lipinski definition) is 1. The van der Waals surface area contributed by atoms with Crippen LogP contribution in [0.4, 0.5) is 0 Å². The van der Waals surface area contributed by atoms with Crippen LogP contribution in [-0.4, -0.2) is 37.7 Å². The Labute approximate surface area is 105 Å². The second-order valence-electron chi connectivity index (χ2n) is 2.96. The lowest BCUT2D eigenvalue weighted by Gasteiger charge is -1.99. The van der Waals surface area contributed by atoms with E-state index in [1.807, 2.05) is 0 Å². The molecule has 0 aliphatic rings. The van der Waals surface area contributed by atoms with Gasteiger partial charge in [-0.3, -0.25) is 0 Å². The molecule has 0 spiro atoms. The molecule has 0 saturated heterocycles. The van der Waals surface area contributed by atoms with Crippen LogP contribution in [0.5, 0.6) is 0 Å². The van der Waals surface area contributed by atoms with Crippen LogP contribution in [0, 0.1) is 0 Å². The monoisotopic (exact) mass is 270 g/mol. The molecule has 0 unspecified atom stereocenters. The predicted molar refractivity (Wildman–Crippen MR) is 63.8 cm³/mol. The van der Waals surface area contributed by atoms with Crippen LogP contribution in [-0.2, 0) is 0 Å². The van der Waals surface area contributed by atoms with Gasteiger partial charge >= 0.3 is 0 Å². The van der Waals surface area contributed by atoms with E-state index in [0.717, 1.165) is 12.2 Å². The zero-order valence-corrected chi connectivity index (χ0v) is 10.1. The lowest BCUT2D eigenvalue weighted by molar-refractivity contribution is 0.920. The van der Waals surface area contributed by atoms with E-state index in [2.05, 4.69) is 35.4 Å². The van der Waals surface area contributed by atoms with Crippen LogP contribution in [0.3, 0.4) is 0 Å². The second-order valence-corrected chi connectivity index (χ2v) is 4.38. The Balaban J connectivity index is 2.01. The van der Waals surface area contributed by atoms with E-state index in [4.69, 9.17) is 17.1 Å². The molecule has 10 heteroatoms. The summed E-state index contributed by atoms with van der Waals surface area (Å²) in [6.45, 7) is 0.463. The number of H-pyrrole nitrogens is 1. The largest absolute Gasteiger partial charge is 0.240 e. The third kappa shape index (κ3) is 2.96. The van der Waals surface area contributed by atoms with Gasteiger partial charge < -0.3 is 0 Å². The standard InChI is InChI=1S/C7H7ClN8S/c8-5-4-6(14-16-13-4)12-7(11-5)17-3-1-2-10-15-9/h1-3H2,(H,11,12,13,14,16). The molecule has 2 rings (SSSR count). The molecule has 0 fully saturated rings. The van der Waals surface area contributed by atoms with Crippen LogP contribution in [0.1, 0.15) is 6.42 Å². The lowest BCUT2D eigenvalue weighted by Crippen LogP contribution is -1.91. The molecular weight excluding hydrogens is 264 g/mol. The van der Waals surface area contributed by atoms with Crippen molar-refractivity contribution >= 4 is 34.5 Å². The summed E-state index contributed by atoms with van der Waals surface area (Å²) in [5, 5.41) is 14.3. The summed E-state index contributed by atoms with van der Waals surface area (Å²) in [5.41, 5.74) is 9.08. The van der Waals surface area contributed by atoms with Crippen LogP contribution in [0.15, 0.2) is 10.3 Å². The molecule has 17 heavy (non-hydrogen) atoms. The minimum atomic E-state index is 0.279. The van der Waals surface area contributed by atoms with Crippen molar-refractivity contribution < 1.29 is 0 Å². The topological polar surface area (TPSA) is 116 Å². The fourth-order valence-electron chi connectivity index (χ4n) is 1.11. The summed E-state index contributed by atoms with van der Waals surface area (Å²) >= 11 is 7.35. The molecule has 88 valence electrons. The van der Waals surface area contributed by atoms with Crippen molar-refractivity contribution in [3.63, 3.8) is 0 Å². The van der Waals surface area contributed by atoms with Gasteiger partial charge in [0.15, 0.2) is 21.5 Å². The quantitative estimate of drug-likeness (QED) is 0.170. The fourth-order valence-corrected chi connectivity index (χ4v) is 2.13. The molecule has 8 nitrogen and oxygen atoms in total. The Morgan fingerprint density at radius 3 is 3.18 bits per heavy atom. The van der Waals surface area contributed by atoms with Crippen LogP contribution < -0.4 is 0 Å². The number of nitrogens with zero attached hydrogens (tertiary/aromatic N) is 7. The highest BCUT2D eigenvalue weighted by atomic mass is 35.5. The summed E-state index contributed by atoms with van der Waals surface area (Å²) in [7, 11) is 0. The van der Waals surface area contributed by atoms with E-state index in [-0.39, 0.29) is 5.15 Å². The zero-order valence-electron chi connectivity index (χ0n) is 8.54. The van der Waals surface area contributed by atoms with Crippen molar-refractivity contribution in [1.82, 2.24) is 25.4 Å². The van der Waals surface area contributed by atoms with Gasteiger partial charge in [0.1, 0.15) is 0 Å². The molecule has 1 N–H and O–H groups in total. The highest BCUT2D eigenvalue weighted by molar-refractivity contribution is 7.99. The number of halogens is 1. The molecule has 0 aliphatic carbocycles. The van der Waals surface area contributed by atoms with Gasteiger partial charge in [-0.25, -0.2) is 15.1 Å². The highest BCUT2D eigenvalue weighted by Crippen LogP contribution is 2.21. The first-order valence-electron chi connectivity index (χ1n) is 4.69. The lowest BCUT2D eigenvalue weighted by atomic mass is 10.5. The molecule has 2 aromatic heterocycles. The number of aromatic nitrogens is 5. The highest BCUT2D eigenvalue weighted by Gasteiger charge is 2.08. The van der Waals surface area contributed by atoms with Gasteiger partial charge in [0, 0.05) is 17.2 Å². The van der Waals surface area contributed by atoms with Gasteiger partial charge in [-0.05, 0) is 12.0 Å². The number of nitrogens with one attached hydrogen (secondary N) is 1. The van der Waals surface area contributed by atoms with E-state index in [1.54, 1.807) is 0 Å².